The van der Waals surface area contributed by atoms with Crippen LogP contribution in [0.25, 0.3) is 0 Å². The van der Waals surface area contributed by atoms with E-state index in [0.717, 1.165) is 0 Å². The summed E-state index contributed by atoms with van der Waals surface area (Å²) in [5, 5.41) is 40.4. The molecule has 0 saturated heterocycles. The number of aliphatic hydroxyl groups is 3. The Balaban J connectivity index is 1.86. The highest BCUT2D eigenvalue weighted by atomic mass is 16.4. The molecule has 4 rings (SSSR count). The van der Waals surface area contributed by atoms with Crippen molar-refractivity contribution < 1.29 is 30.0 Å². The molecule has 146 valence electrons. The van der Waals surface area contributed by atoms with Crippen molar-refractivity contribution in [1.29, 1.82) is 0 Å². The third-order valence-corrected chi connectivity index (χ3v) is 7.58. The maximum Gasteiger partial charge on any atom is 0.306 e. The lowest BCUT2D eigenvalue weighted by molar-refractivity contribution is -0.227. The lowest BCUT2D eigenvalue weighted by atomic mass is 9.41. The molecular formula is C20H30O6. The Morgan fingerprint density at radius 1 is 1.38 bits per heavy atom. The molecule has 4 aliphatic carbocycles. The van der Waals surface area contributed by atoms with Crippen LogP contribution in [0.4, 0.5) is 0 Å². The highest BCUT2D eigenvalue weighted by molar-refractivity contribution is 5.96. The molecule has 0 heterocycles. The van der Waals surface area contributed by atoms with Crippen LogP contribution in [0.3, 0.4) is 0 Å². The number of rotatable bonds is 6. The molecule has 0 aromatic rings. The first-order valence-corrected chi connectivity index (χ1v) is 9.57. The monoisotopic (exact) mass is 366 g/mol. The minimum atomic E-state index is -1.21. The molecule has 7 atom stereocenters. The van der Waals surface area contributed by atoms with Gasteiger partial charge in [0, 0.05) is 10.8 Å². The Bertz CT molecular complexity index is 630. The van der Waals surface area contributed by atoms with Crippen molar-refractivity contribution in [2.75, 3.05) is 6.61 Å². The maximum absolute atomic E-state index is 12.8. The number of carboxylic acids is 1. The van der Waals surface area contributed by atoms with Crippen molar-refractivity contribution in [2.45, 2.75) is 64.1 Å². The Labute approximate surface area is 153 Å². The summed E-state index contributed by atoms with van der Waals surface area (Å²) in [7, 11) is 0. The SMILES string of the molecule is CC(CCC[C@]1(C)C(=O)C=C[C@@]23C[C@@](O)(CO)[C@@H](C[C@H]2O)C[C@H]31)C(=O)O. The number of carbonyl (C=O) groups excluding carboxylic acids is 1. The average molecular weight is 366 g/mol. The molecule has 1 unspecified atom stereocenters. The third-order valence-electron chi connectivity index (χ3n) is 7.58. The number of aliphatic hydroxyl groups excluding tert-OH is 2. The summed E-state index contributed by atoms with van der Waals surface area (Å²) >= 11 is 0. The number of aliphatic carboxylic acids is 1. The lowest BCUT2D eigenvalue weighted by Gasteiger charge is -2.64. The second-order valence-corrected chi connectivity index (χ2v) is 9.03. The number of ketones is 1. The van der Waals surface area contributed by atoms with Crippen LogP contribution in [0.2, 0.25) is 0 Å². The van der Waals surface area contributed by atoms with E-state index >= 15 is 0 Å². The average Bonchev–Trinajstić information content (AvgIpc) is 2.59. The molecule has 0 aliphatic heterocycles. The third kappa shape index (κ3) is 2.74. The summed E-state index contributed by atoms with van der Waals surface area (Å²) < 4.78 is 0. The van der Waals surface area contributed by atoms with Crippen molar-refractivity contribution in [3.05, 3.63) is 12.2 Å². The first kappa shape index (κ1) is 19.5. The van der Waals surface area contributed by atoms with Gasteiger partial charge in [-0.3, -0.25) is 9.59 Å². The molecule has 0 radical (unpaired) electrons. The van der Waals surface area contributed by atoms with E-state index < -0.39 is 34.4 Å². The molecular weight excluding hydrogens is 336 g/mol. The summed E-state index contributed by atoms with van der Waals surface area (Å²) in [4.78, 5) is 23.8. The van der Waals surface area contributed by atoms with Gasteiger partial charge in [0.1, 0.15) is 0 Å². The molecule has 3 fully saturated rings. The zero-order valence-electron chi connectivity index (χ0n) is 15.5. The molecule has 0 aromatic carbocycles. The van der Waals surface area contributed by atoms with E-state index in [-0.39, 0.29) is 30.6 Å². The second-order valence-electron chi connectivity index (χ2n) is 9.03. The topological polar surface area (TPSA) is 115 Å². The van der Waals surface area contributed by atoms with Crippen molar-refractivity contribution in [3.8, 4) is 0 Å². The number of fused-ring (bicyclic) bond motifs is 2. The molecule has 4 aliphatic rings. The van der Waals surface area contributed by atoms with Crippen molar-refractivity contribution in [2.24, 2.45) is 28.6 Å². The number of allylic oxidation sites excluding steroid dienone is 1. The van der Waals surface area contributed by atoms with E-state index in [2.05, 4.69) is 0 Å². The van der Waals surface area contributed by atoms with E-state index in [1.54, 1.807) is 13.0 Å². The van der Waals surface area contributed by atoms with Gasteiger partial charge in [-0.15, -0.1) is 0 Å². The summed E-state index contributed by atoms with van der Waals surface area (Å²) in [6.07, 6.45) is 5.64. The zero-order chi connectivity index (χ0) is 19.3. The summed E-state index contributed by atoms with van der Waals surface area (Å²) in [5.41, 5.74) is -2.59. The van der Waals surface area contributed by atoms with Gasteiger partial charge in [-0.05, 0) is 50.0 Å². The summed E-state index contributed by atoms with van der Waals surface area (Å²) in [5.74, 6) is -1.60. The lowest BCUT2D eigenvalue weighted by Crippen LogP contribution is -2.67. The van der Waals surface area contributed by atoms with Gasteiger partial charge in [0.15, 0.2) is 5.78 Å². The fourth-order valence-corrected chi connectivity index (χ4v) is 5.79. The molecule has 1 spiro atoms. The van der Waals surface area contributed by atoms with Crippen LogP contribution in [0, 0.1) is 28.6 Å². The van der Waals surface area contributed by atoms with Crippen LogP contribution in [0.1, 0.15) is 52.4 Å². The fraction of sp³-hybridized carbons (Fsp3) is 0.800. The Kier molecular flexibility index (Phi) is 4.83. The van der Waals surface area contributed by atoms with E-state index in [0.29, 0.717) is 32.1 Å². The molecule has 26 heavy (non-hydrogen) atoms. The predicted octanol–water partition coefficient (Wildman–Crippen LogP) is 1.52. The van der Waals surface area contributed by atoms with Crippen molar-refractivity contribution in [3.63, 3.8) is 0 Å². The van der Waals surface area contributed by atoms with Crippen LogP contribution in [0.15, 0.2) is 12.2 Å². The van der Waals surface area contributed by atoms with Crippen molar-refractivity contribution in [1.82, 2.24) is 0 Å². The van der Waals surface area contributed by atoms with Gasteiger partial charge in [0.05, 0.1) is 24.2 Å². The van der Waals surface area contributed by atoms with E-state index in [1.165, 1.54) is 6.08 Å². The van der Waals surface area contributed by atoms with Gasteiger partial charge in [-0.1, -0.05) is 26.3 Å². The van der Waals surface area contributed by atoms with Crippen molar-refractivity contribution >= 4 is 11.8 Å². The standard InChI is InChI=1S/C20H30O6/c1-12(17(24)25)4-3-6-18(2)14-8-13-9-16(23)19(14,7-5-15(18)22)10-20(13,26)11-21/h5,7,12-14,16,21,23,26H,3-4,6,8-11H2,1-2H3,(H,24,25)/t12?,13-,14+,16-,18+,19+,20-/m1/s1. The largest absolute Gasteiger partial charge is 0.481 e. The maximum atomic E-state index is 12.8. The summed E-state index contributed by atoms with van der Waals surface area (Å²) in [6.45, 7) is 3.25. The zero-order valence-corrected chi connectivity index (χ0v) is 15.5. The fourth-order valence-electron chi connectivity index (χ4n) is 5.79. The van der Waals surface area contributed by atoms with Gasteiger partial charge in [-0.2, -0.15) is 0 Å². The first-order chi connectivity index (χ1) is 12.1. The number of hydrogen-bond acceptors (Lipinski definition) is 5. The van der Waals surface area contributed by atoms with Crippen LogP contribution >= 0.6 is 0 Å². The Morgan fingerprint density at radius 3 is 2.69 bits per heavy atom. The molecule has 4 N–H and O–H groups in total. The predicted molar refractivity (Wildman–Crippen MR) is 94.2 cm³/mol. The number of hydrogen-bond donors (Lipinski definition) is 4. The van der Waals surface area contributed by atoms with E-state index in [1.807, 2.05) is 6.92 Å². The molecule has 0 amide bonds. The summed E-state index contributed by atoms with van der Waals surface area (Å²) in [6, 6.07) is 0. The van der Waals surface area contributed by atoms with Gasteiger partial charge >= 0.3 is 5.97 Å². The molecule has 3 saturated carbocycles. The minimum absolute atomic E-state index is 0.0170. The van der Waals surface area contributed by atoms with Gasteiger partial charge in [0.2, 0.25) is 0 Å². The Morgan fingerprint density at radius 2 is 2.08 bits per heavy atom. The molecule has 6 nitrogen and oxygen atoms in total. The highest BCUT2D eigenvalue weighted by Gasteiger charge is 2.66. The minimum Gasteiger partial charge on any atom is -0.481 e. The molecule has 2 bridgehead atoms. The Hall–Kier alpha value is -1.24. The van der Waals surface area contributed by atoms with Crippen LogP contribution in [-0.4, -0.2) is 50.5 Å². The molecule has 6 heteroatoms. The number of carbonyl (C=O) groups is 2. The van der Waals surface area contributed by atoms with E-state index in [9.17, 15) is 24.9 Å². The highest BCUT2D eigenvalue weighted by Crippen LogP contribution is 2.65. The van der Waals surface area contributed by atoms with Crippen LogP contribution in [0.5, 0.6) is 0 Å². The normalized spacial score (nSPS) is 45.4. The van der Waals surface area contributed by atoms with Gasteiger partial charge < -0.3 is 20.4 Å². The first-order valence-electron chi connectivity index (χ1n) is 9.57. The number of carboxylic acid groups (broad SMARTS) is 1. The van der Waals surface area contributed by atoms with E-state index in [4.69, 9.17) is 5.11 Å². The van der Waals surface area contributed by atoms with Crippen LogP contribution < -0.4 is 0 Å². The quantitative estimate of drug-likeness (QED) is 0.567. The van der Waals surface area contributed by atoms with Gasteiger partial charge in [0.25, 0.3) is 0 Å². The van der Waals surface area contributed by atoms with Crippen LogP contribution in [-0.2, 0) is 9.59 Å². The smallest absolute Gasteiger partial charge is 0.306 e. The molecule has 0 aromatic heterocycles. The second kappa shape index (κ2) is 6.43. The van der Waals surface area contributed by atoms with Gasteiger partial charge in [-0.25, -0.2) is 0 Å².